The molecule has 0 aromatic rings. The SMILES string of the molecule is COC(C)C(C)(O)C1(C#N)CCC(C)C1. The van der Waals surface area contributed by atoms with Gasteiger partial charge in [-0.2, -0.15) is 5.26 Å². The van der Waals surface area contributed by atoms with Crippen molar-refractivity contribution in [3.05, 3.63) is 0 Å². The second-order valence-electron chi connectivity index (χ2n) is 5.07. The molecule has 0 aromatic carbocycles. The molecule has 1 aliphatic carbocycles. The van der Waals surface area contributed by atoms with Crippen molar-refractivity contribution in [3.8, 4) is 6.07 Å². The Morgan fingerprint density at radius 3 is 2.60 bits per heavy atom. The van der Waals surface area contributed by atoms with E-state index in [0.717, 1.165) is 19.3 Å². The van der Waals surface area contributed by atoms with Gasteiger partial charge in [0, 0.05) is 7.11 Å². The van der Waals surface area contributed by atoms with E-state index in [0.29, 0.717) is 5.92 Å². The molecule has 86 valence electrons. The summed E-state index contributed by atoms with van der Waals surface area (Å²) in [5.41, 5.74) is -1.71. The quantitative estimate of drug-likeness (QED) is 0.777. The molecule has 1 aliphatic rings. The molecular formula is C12H21NO2. The fourth-order valence-electron chi connectivity index (χ4n) is 2.58. The Hall–Kier alpha value is -0.590. The van der Waals surface area contributed by atoms with E-state index >= 15 is 0 Å². The molecular weight excluding hydrogens is 190 g/mol. The zero-order chi connectivity index (χ0) is 11.7. The number of aliphatic hydroxyl groups is 1. The number of hydrogen-bond donors (Lipinski definition) is 1. The fraction of sp³-hybridized carbons (Fsp3) is 0.917. The normalized spacial score (nSPS) is 36.9. The minimum atomic E-state index is -1.07. The van der Waals surface area contributed by atoms with Crippen molar-refractivity contribution >= 4 is 0 Å². The van der Waals surface area contributed by atoms with Gasteiger partial charge in [0.25, 0.3) is 0 Å². The minimum Gasteiger partial charge on any atom is -0.386 e. The summed E-state index contributed by atoms with van der Waals surface area (Å²) in [6.45, 7) is 5.68. The first-order chi connectivity index (χ1) is 6.89. The molecule has 0 saturated heterocycles. The molecule has 1 N–H and O–H groups in total. The Kier molecular flexibility index (Phi) is 3.42. The van der Waals surface area contributed by atoms with E-state index in [9.17, 15) is 10.4 Å². The van der Waals surface area contributed by atoms with Crippen LogP contribution in [0, 0.1) is 22.7 Å². The number of ether oxygens (including phenoxy) is 1. The molecule has 4 atom stereocenters. The topological polar surface area (TPSA) is 53.2 Å². The number of nitriles is 1. The van der Waals surface area contributed by atoms with Gasteiger partial charge in [0.2, 0.25) is 0 Å². The van der Waals surface area contributed by atoms with Gasteiger partial charge in [-0.3, -0.25) is 0 Å². The van der Waals surface area contributed by atoms with Crippen LogP contribution >= 0.6 is 0 Å². The molecule has 3 heteroatoms. The summed E-state index contributed by atoms with van der Waals surface area (Å²) in [4.78, 5) is 0. The maximum atomic E-state index is 10.5. The van der Waals surface area contributed by atoms with Crippen molar-refractivity contribution < 1.29 is 9.84 Å². The third-order valence-electron chi connectivity index (χ3n) is 4.09. The molecule has 0 aliphatic heterocycles. The Bertz CT molecular complexity index is 269. The van der Waals surface area contributed by atoms with E-state index in [1.165, 1.54) is 0 Å². The fourth-order valence-corrected chi connectivity index (χ4v) is 2.58. The Morgan fingerprint density at radius 1 is 1.67 bits per heavy atom. The summed E-state index contributed by atoms with van der Waals surface area (Å²) in [6, 6.07) is 2.33. The number of rotatable bonds is 3. The largest absolute Gasteiger partial charge is 0.386 e. The van der Waals surface area contributed by atoms with Gasteiger partial charge >= 0.3 is 0 Å². The molecule has 1 rings (SSSR count). The van der Waals surface area contributed by atoms with Crippen molar-refractivity contribution in [1.29, 1.82) is 5.26 Å². The minimum absolute atomic E-state index is 0.317. The van der Waals surface area contributed by atoms with E-state index < -0.39 is 11.0 Å². The molecule has 0 radical (unpaired) electrons. The molecule has 15 heavy (non-hydrogen) atoms. The van der Waals surface area contributed by atoms with Gasteiger partial charge in [-0.15, -0.1) is 0 Å². The standard InChI is InChI=1S/C12H21NO2/c1-9-5-6-12(7-9,8-13)11(3,14)10(2)15-4/h9-10,14H,5-7H2,1-4H3. The highest BCUT2D eigenvalue weighted by Gasteiger charge is 2.54. The smallest absolute Gasteiger partial charge is 0.106 e. The Morgan fingerprint density at radius 2 is 2.27 bits per heavy atom. The van der Waals surface area contributed by atoms with Crippen molar-refractivity contribution in [2.75, 3.05) is 7.11 Å². The van der Waals surface area contributed by atoms with E-state index in [4.69, 9.17) is 4.74 Å². The molecule has 0 aromatic heterocycles. The molecule has 0 amide bonds. The summed E-state index contributed by atoms with van der Waals surface area (Å²) < 4.78 is 5.19. The van der Waals surface area contributed by atoms with Gasteiger partial charge in [0.05, 0.1) is 17.6 Å². The lowest BCUT2D eigenvalue weighted by atomic mass is 9.69. The van der Waals surface area contributed by atoms with Gasteiger partial charge < -0.3 is 9.84 Å². The van der Waals surface area contributed by atoms with Gasteiger partial charge in [-0.1, -0.05) is 6.92 Å². The number of hydrogen-bond acceptors (Lipinski definition) is 3. The molecule has 0 spiro atoms. The third kappa shape index (κ3) is 1.89. The van der Waals surface area contributed by atoms with Crippen LogP contribution in [0.4, 0.5) is 0 Å². The van der Waals surface area contributed by atoms with Crippen LogP contribution in [0.1, 0.15) is 40.0 Å². The first kappa shape index (κ1) is 12.5. The molecule has 3 nitrogen and oxygen atoms in total. The monoisotopic (exact) mass is 211 g/mol. The van der Waals surface area contributed by atoms with Crippen LogP contribution in [0.3, 0.4) is 0 Å². The van der Waals surface area contributed by atoms with E-state index in [-0.39, 0.29) is 6.10 Å². The van der Waals surface area contributed by atoms with Gasteiger partial charge in [-0.25, -0.2) is 0 Å². The third-order valence-corrected chi connectivity index (χ3v) is 4.09. The highest BCUT2D eigenvalue weighted by Crippen LogP contribution is 2.50. The Balaban J connectivity index is 2.97. The second-order valence-corrected chi connectivity index (χ2v) is 5.07. The van der Waals surface area contributed by atoms with Gasteiger partial charge in [0.15, 0.2) is 0 Å². The molecule has 4 unspecified atom stereocenters. The van der Waals surface area contributed by atoms with Gasteiger partial charge in [0.1, 0.15) is 5.60 Å². The highest BCUT2D eigenvalue weighted by atomic mass is 16.5. The van der Waals surface area contributed by atoms with Gasteiger partial charge in [-0.05, 0) is 39.0 Å². The van der Waals surface area contributed by atoms with E-state index in [1.807, 2.05) is 6.92 Å². The van der Waals surface area contributed by atoms with Crippen LogP contribution < -0.4 is 0 Å². The van der Waals surface area contributed by atoms with Crippen LogP contribution in [-0.2, 0) is 4.74 Å². The molecule has 1 fully saturated rings. The average Bonchev–Trinajstić information content (AvgIpc) is 2.60. The maximum Gasteiger partial charge on any atom is 0.106 e. The van der Waals surface area contributed by atoms with Crippen molar-refractivity contribution in [1.82, 2.24) is 0 Å². The zero-order valence-corrected chi connectivity index (χ0v) is 10.1. The molecule has 0 heterocycles. The second kappa shape index (κ2) is 4.11. The molecule has 1 saturated carbocycles. The first-order valence-electron chi connectivity index (χ1n) is 5.56. The summed E-state index contributed by atoms with van der Waals surface area (Å²) in [6.07, 6.45) is 2.23. The number of nitrogens with zero attached hydrogens (tertiary/aromatic N) is 1. The Labute approximate surface area is 92.0 Å². The first-order valence-corrected chi connectivity index (χ1v) is 5.56. The highest BCUT2D eigenvalue weighted by molar-refractivity contribution is 5.15. The lowest BCUT2D eigenvalue weighted by Crippen LogP contribution is -2.52. The summed E-state index contributed by atoms with van der Waals surface area (Å²) in [5.74, 6) is 0.514. The van der Waals surface area contributed by atoms with Crippen LogP contribution in [0.5, 0.6) is 0 Å². The van der Waals surface area contributed by atoms with Crippen molar-refractivity contribution in [3.63, 3.8) is 0 Å². The van der Waals surface area contributed by atoms with Crippen molar-refractivity contribution in [2.24, 2.45) is 11.3 Å². The average molecular weight is 211 g/mol. The van der Waals surface area contributed by atoms with Crippen LogP contribution in [0.2, 0.25) is 0 Å². The predicted octanol–water partition coefficient (Wildman–Crippen LogP) is 2.10. The van der Waals surface area contributed by atoms with Crippen molar-refractivity contribution in [2.45, 2.75) is 51.7 Å². The van der Waals surface area contributed by atoms with E-state index in [1.54, 1.807) is 14.0 Å². The zero-order valence-electron chi connectivity index (χ0n) is 10.1. The number of methoxy groups -OCH3 is 1. The van der Waals surface area contributed by atoms with Crippen LogP contribution in [0.25, 0.3) is 0 Å². The van der Waals surface area contributed by atoms with Crippen LogP contribution in [0.15, 0.2) is 0 Å². The summed E-state index contributed by atoms with van der Waals surface area (Å²) in [7, 11) is 1.57. The maximum absolute atomic E-state index is 10.5. The predicted molar refractivity (Wildman–Crippen MR) is 58.2 cm³/mol. The molecule has 0 bridgehead atoms. The summed E-state index contributed by atoms with van der Waals surface area (Å²) in [5, 5.41) is 19.9. The lowest BCUT2D eigenvalue weighted by Gasteiger charge is -2.41. The van der Waals surface area contributed by atoms with E-state index in [2.05, 4.69) is 13.0 Å². The van der Waals surface area contributed by atoms with Crippen LogP contribution in [-0.4, -0.2) is 23.9 Å². The lowest BCUT2D eigenvalue weighted by molar-refractivity contribution is -0.131. The summed E-state index contributed by atoms with van der Waals surface area (Å²) >= 11 is 0.